The number of hydrogen-bond donors (Lipinski definition) is 1. The molecule has 1 fully saturated rings. The minimum Gasteiger partial charge on any atom is -0.380 e. The Kier molecular flexibility index (Phi) is 5.54. The average molecular weight is 264 g/mol. The van der Waals surface area contributed by atoms with Crippen molar-refractivity contribution in [3.63, 3.8) is 0 Å². The van der Waals surface area contributed by atoms with Gasteiger partial charge in [-0.15, -0.1) is 0 Å². The average Bonchev–Trinajstić information content (AvgIpc) is 2.48. The molecule has 0 amide bonds. The third kappa shape index (κ3) is 4.14. The van der Waals surface area contributed by atoms with Gasteiger partial charge in [-0.05, 0) is 25.8 Å². The predicted octanol–water partition coefficient (Wildman–Crippen LogP) is 1.59. The first kappa shape index (κ1) is 14.2. The third-order valence-electron chi connectivity index (χ3n) is 3.44. The summed E-state index contributed by atoms with van der Waals surface area (Å²) in [4.78, 5) is 11.1. The molecule has 1 saturated heterocycles. The SMILES string of the molecule is CCCNCc1cnc(N2CCCC(OC)C2)nc1. The number of nitrogens with zero attached hydrogens (tertiary/aromatic N) is 3. The third-order valence-corrected chi connectivity index (χ3v) is 3.44. The molecule has 106 valence electrons. The van der Waals surface area contributed by atoms with Crippen molar-refractivity contribution in [3.8, 4) is 0 Å². The van der Waals surface area contributed by atoms with Crippen LogP contribution in [0.2, 0.25) is 0 Å². The maximum absolute atomic E-state index is 5.42. The fraction of sp³-hybridized carbons (Fsp3) is 0.714. The highest BCUT2D eigenvalue weighted by molar-refractivity contribution is 5.30. The smallest absolute Gasteiger partial charge is 0.225 e. The molecular weight excluding hydrogens is 240 g/mol. The molecule has 1 aromatic rings. The van der Waals surface area contributed by atoms with Gasteiger partial charge < -0.3 is 15.0 Å². The quantitative estimate of drug-likeness (QED) is 0.791. The summed E-state index contributed by atoms with van der Waals surface area (Å²) in [7, 11) is 1.78. The number of aromatic nitrogens is 2. The van der Waals surface area contributed by atoms with Crippen molar-refractivity contribution in [2.45, 2.75) is 38.8 Å². The molecular formula is C14H24N4O. The molecule has 2 heterocycles. The molecule has 0 spiro atoms. The number of nitrogens with one attached hydrogen (secondary N) is 1. The van der Waals surface area contributed by atoms with E-state index in [9.17, 15) is 0 Å². The first-order valence-electron chi connectivity index (χ1n) is 7.13. The monoisotopic (exact) mass is 264 g/mol. The normalized spacial score (nSPS) is 19.7. The van der Waals surface area contributed by atoms with E-state index in [2.05, 4.69) is 27.1 Å². The molecule has 5 nitrogen and oxygen atoms in total. The number of methoxy groups -OCH3 is 1. The summed E-state index contributed by atoms with van der Waals surface area (Å²) in [5.41, 5.74) is 1.14. The highest BCUT2D eigenvalue weighted by atomic mass is 16.5. The van der Waals surface area contributed by atoms with Gasteiger partial charge in [0, 0.05) is 44.7 Å². The molecule has 1 N–H and O–H groups in total. The Bertz CT molecular complexity index is 368. The van der Waals surface area contributed by atoms with Crippen LogP contribution in [-0.2, 0) is 11.3 Å². The number of piperidine rings is 1. The van der Waals surface area contributed by atoms with Crippen molar-refractivity contribution >= 4 is 5.95 Å². The van der Waals surface area contributed by atoms with E-state index in [-0.39, 0.29) is 0 Å². The summed E-state index contributed by atoms with van der Waals surface area (Å²) in [5.74, 6) is 0.820. The summed E-state index contributed by atoms with van der Waals surface area (Å²) < 4.78 is 5.42. The maximum Gasteiger partial charge on any atom is 0.225 e. The number of ether oxygens (including phenoxy) is 1. The zero-order valence-electron chi connectivity index (χ0n) is 11.9. The molecule has 5 heteroatoms. The summed E-state index contributed by atoms with van der Waals surface area (Å²) >= 11 is 0. The van der Waals surface area contributed by atoms with Crippen molar-refractivity contribution in [1.82, 2.24) is 15.3 Å². The zero-order chi connectivity index (χ0) is 13.5. The Balaban J connectivity index is 1.90. The van der Waals surface area contributed by atoms with Crippen LogP contribution in [0.25, 0.3) is 0 Å². The molecule has 2 rings (SSSR count). The second kappa shape index (κ2) is 7.40. The topological polar surface area (TPSA) is 50.3 Å². The molecule has 19 heavy (non-hydrogen) atoms. The van der Waals surface area contributed by atoms with Gasteiger partial charge in [0.05, 0.1) is 6.10 Å². The van der Waals surface area contributed by atoms with Gasteiger partial charge in [0.2, 0.25) is 5.95 Å². The van der Waals surface area contributed by atoms with Crippen LogP contribution in [0, 0.1) is 0 Å². The first-order chi connectivity index (χ1) is 9.33. The van der Waals surface area contributed by atoms with Crippen LogP contribution in [0.1, 0.15) is 31.7 Å². The molecule has 1 aromatic heterocycles. The Morgan fingerprint density at radius 2 is 2.21 bits per heavy atom. The Morgan fingerprint density at radius 3 is 2.89 bits per heavy atom. The summed E-state index contributed by atoms with van der Waals surface area (Å²) in [6.07, 6.45) is 7.56. The number of anilines is 1. The van der Waals surface area contributed by atoms with Gasteiger partial charge in [-0.1, -0.05) is 6.92 Å². The Hall–Kier alpha value is -1.20. The minimum absolute atomic E-state index is 0.309. The molecule has 0 bridgehead atoms. The first-order valence-corrected chi connectivity index (χ1v) is 7.13. The van der Waals surface area contributed by atoms with Crippen LogP contribution >= 0.6 is 0 Å². The lowest BCUT2D eigenvalue weighted by Crippen LogP contribution is -2.40. The van der Waals surface area contributed by atoms with Gasteiger partial charge in [0.15, 0.2) is 0 Å². The second-order valence-corrected chi connectivity index (χ2v) is 5.01. The molecule has 1 atom stereocenters. The van der Waals surface area contributed by atoms with Crippen LogP contribution in [0.4, 0.5) is 5.95 Å². The molecule has 0 aliphatic carbocycles. The van der Waals surface area contributed by atoms with Crippen molar-refractivity contribution in [2.24, 2.45) is 0 Å². The number of rotatable bonds is 6. The van der Waals surface area contributed by atoms with Crippen molar-refractivity contribution in [3.05, 3.63) is 18.0 Å². The minimum atomic E-state index is 0.309. The molecule has 0 radical (unpaired) electrons. The standard InChI is InChI=1S/C14H24N4O/c1-3-6-15-8-12-9-16-14(17-10-12)18-7-4-5-13(11-18)19-2/h9-10,13,15H,3-8,11H2,1-2H3. The highest BCUT2D eigenvalue weighted by Crippen LogP contribution is 2.17. The molecule has 0 aromatic carbocycles. The van der Waals surface area contributed by atoms with E-state index >= 15 is 0 Å². The lowest BCUT2D eigenvalue weighted by atomic mass is 10.1. The van der Waals surface area contributed by atoms with Gasteiger partial charge in [0.1, 0.15) is 0 Å². The van der Waals surface area contributed by atoms with Gasteiger partial charge in [0.25, 0.3) is 0 Å². The summed E-state index contributed by atoms with van der Waals surface area (Å²) in [6, 6.07) is 0. The van der Waals surface area contributed by atoms with Gasteiger partial charge >= 0.3 is 0 Å². The van der Waals surface area contributed by atoms with Crippen LogP contribution in [0.15, 0.2) is 12.4 Å². The second-order valence-electron chi connectivity index (χ2n) is 5.01. The van der Waals surface area contributed by atoms with Crippen molar-refractivity contribution < 1.29 is 4.74 Å². The fourth-order valence-corrected chi connectivity index (χ4v) is 2.32. The number of hydrogen-bond acceptors (Lipinski definition) is 5. The summed E-state index contributed by atoms with van der Waals surface area (Å²) in [5, 5.41) is 3.35. The van der Waals surface area contributed by atoms with Crippen LogP contribution in [0.3, 0.4) is 0 Å². The van der Waals surface area contributed by atoms with Crippen molar-refractivity contribution in [2.75, 3.05) is 31.6 Å². The van der Waals surface area contributed by atoms with E-state index in [1.165, 1.54) is 0 Å². The van der Waals surface area contributed by atoms with Gasteiger partial charge in [-0.25, -0.2) is 9.97 Å². The molecule has 1 unspecified atom stereocenters. The van der Waals surface area contributed by atoms with Crippen LogP contribution in [0.5, 0.6) is 0 Å². The van der Waals surface area contributed by atoms with E-state index in [1.54, 1.807) is 7.11 Å². The van der Waals surface area contributed by atoms with E-state index < -0.39 is 0 Å². The van der Waals surface area contributed by atoms with E-state index in [0.717, 1.165) is 57.0 Å². The van der Waals surface area contributed by atoms with E-state index in [0.29, 0.717) is 6.10 Å². The molecule has 1 aliphatic rings. The Morgan fingerprint density at radius 1 is 1.42 bits per heavy atom. The van der Waals surface area contributed by atoms with Crippen LogP contribution < -0.4 is 10.2 Å². The Labute approximate surface area is 115 Å². The summed E-state index contributed by atoms with van der Waals surface area (Å²) in [6.45, 7) is 5.95. The van der Waals surface area contributed by atoms with Gasteiger partial charge in [-0.2, -0.15) is 0 Å². The lowest BCUT2D eigenvalue weighted by molar-refractivity contribution is 0.0889. The largest absolute Gasteiger partial charge is 0.380 e. The molecule has 0 saturated carbocycles. The lowest BCUT2D eigenvalue weighted by Gasteiger charge is -2.31. The van der Waals surface area contributed by atoms with E-state index in [4.69, 9.17) is 4.74 Å². The zero-order valence-corrected chi connectivity index (χ0v) is 11.9. The predicted molar refractivity (Wildman–Crippen MR) is 76.3 cm³/mol. The highest BCUT2D eigenvalue weighted by Gasteiger charge is 2.21. The maximum atomic E-state index is 5.42. The van der Waals surface area contributed by atoms with E-state index in [1.807, 2.05) is 12.4 Å². The van der Waals surface area contributed by atoms with Gasteiger partial charge in [-0.3, -0.25) is 0 Å². The van der Waals surface area contributed by atoms with Crippen LogP contribution in [-0.4, -0.2) is 42.8 Å². The van der Waals surface area contributed by atoms with Crippen molar-refractivity contribution in [1.29, 1.82) is 0 Å². The fourth-order valence-electron chi connectivity index (χ4n) is 2.32. The molecule has 1 aliphatic heterocycles.